The highest BCUT2D eigenvalue weighted by Crippen LogP contribution is 2.28. The molecule has 2 aliphatic heterocycles. The van der Waals surface area contributed by atoms with Gasteiger partial charge in [-0.1, -0.05) is 37.8 Å². The third kappa shape index (κ3) is 7.16. The first-order valence-electron chi connectivity index (χ1n) is 12.0. The Labute approximate surface area is 212 Å². The average molecular weight is 499 g/mol. The minimum Gasteiger partial charge on any atom is -0.447 e. The van der Waals surface area contributed by atoms with Gasteiger partial charge in [0.2, 0.25) is 11.8 Å². The molecule has 196 valence electrons. The molecule has 1 aromatic carbocycles. The number of nitrogens with one attached hydrogen (secondary N) is 2. The van der Waals surface area contributed by atoms with E-state index in [4.69, 9.17) is 19.3 Å². The largest absolute Gasteiger partial charge is 0.447 e. The number of carbonyl (C=O) groups excluding carboxylic acids is 1. The minimum absolute atomic E-state index is 0. The first-order chi connectivity index (χ1) is 17.2. The molecule has 0 aliphatic carbocycles. The van der Waals surface area contributed by atoms with E-state index in [9.17, 15) is 4.79 Å². The third-order valence-electron chi connectivity index (χ3n) is 6.53. The topological polar surface area (TPSA) is 132 Å². The van der Waals surface area contributed by atoms with Crippen LogP contribution in [0, 0.1) is 11.8 Å². The van der Waals surface area contributed by atoms with E-state index >= 15 is 0 Å². The van der Waals surface area contributed by atoms with Crippen molar-refractivity contribution in [1.29, 1.82) is 0 Å². The maximum atomic E-state index is 12.1. The number of rotatable bonds is 7. The summed E-state index contributed by atoms with van der Waals surface area (Å²) in [6, 6.07) is 9.60. The van der Waals surface area contributed by atoms with E-state index in [0.717, 1.165) is 31.0 Å². The molecular weight excluding hydrogens is 460 g/mol. The monoisotopic (exact) mass is 498 g/mol. The van der Waals surface area contributed by atoms with Gasteiger partial charge in [-0.05, 0) is 44.5 Å². The van der Waals surface area contributed by atoms with Crippen LogP contribution in [0.2, 0.25) is 0 Å². The van der Waals surface area contributed by atoms with Crippen LogP contribution in [-0.2, 0) is 11.3 Å². The smallest absolute Gasteiger partial charge is 0.410 e. The molecule has 0 radical (unpaired) electrons. The fraction of sp³-hybridized carbons (Fsp3) is 0.500. The van der Waals surface area contributed by atoms with Gasteiger partial charge in [0.25, 0.3) is 0 Å². The number of nitrogens with zero attached hydrogens (tertiary/aromatic N) is 3. The lowest BCUT2D eigenvalue weighted by Gasteiger charge is -2.18. The standard InChI is InChI=1S/C16H19N3O3.C9H15N3O.CH4/c17-14(15-18-7-9-21-15)13-6-8-19(10-13)16(20)22-11-12-4-2-1-3-5-12;1-10-8(7-2-3-11-6-7)9-12-4-5-13-9;/h1-5,7,9,13-14H,6,8,10-11,17H2;4-5,7-8,10-11H,2-3,6H2,1H3;1H4. The normalized spacial score (nSPS) is 20.7. The van der Waals surface area contributed by atoms with Crippen molar-refractivity contribution in [2.24, 2.45) is 17.6 Å². The number of ether oxygens (including phenoxy) is 1. The molecule has 10 heteroatoms. The first kappa shape index (κ1) is 27.4. The van der Waals surface area contributed by atoms with Crippen molar-refractivity contribution >= 4 is 6.09 Å². The van der Waals surface area contributed by atoms with Gasteiger partial charge in [0.15, 0.2) is 0 Å². The van der Waals surface area contributed by atoms with Gasteiger partial charge in [0.1, 0.15) is 19.1 Å². The second kappa shape index (κ2) is 13.8. The molecule has 10 nitrogen and oxygen atoms in total. The number of hydrogen-bond acceptors (Lipinski definition) is 9. The lowest BCUT2D eigenvalue weighted by molar-refractivity contribution is 0.102. The van der Waals surface area contributed by atoms with Crippen LogP contribution in [0.1, 0.15) is 49.7 Å². The molecule has 2 aliphatic rings. The van der Waals surface area contributed by atoms with Gasteiger partial charge in [-0.2, -0.15) is 0 Å². The number of oxazole rings is 2. The Kier molecular flexibility index (Phi) is 10.5. The summed E-state index contributed by atoms with van der Waals surface area (Å²) in [5, 5.41) is 6.59. The Morgan fingerprint density at radius 1 is 1.17 bits per heavy atom. The van der Waals surface area contributed by atoms with Crippen molar-refractivity contribution in [3.05, 3.63) is 72.6 Å². The molecule has 0 saturated carbocycles. The Morgan fingerprint density at radius 3 is 2.50 bits per heavy atom. The van der Waals surface area contributed by atoms with Crippen molar-refractivity contribution in [1.82, 2.24) is 25.5 Å². The van der Waals surface area contributed by atoms with Gasteiger partial charge < -0.3 is 34.8 Å². The number of hydrogen-bond donors (Lipinski definition) is 3. The second-order valence-electron chi connectivity index (χ2n) is 8.82. The van der Waals surface area contributed by atoms with Gasteiger partial charge in [-0.25, -0.2) is 14.8 Å². The molecule has 4 N–H and O–H groups in total. The zero-order valence-electron chi connectivity index (χ0n) is 20.0. The van der Waals surface area contributed by atoms with E-state index in [1.165, 1.54) is 12.7 Å². The predicted octanol–water partition coefficient (Wildman–Crippen LogP) is 3.51. The summed E-state index contributed by atoms with van der Waals surface area (Å²) in [5.74, 6) is 2.06. The molecule has 3 aromatic rings. The molecule has 2 saturated heterocycles. The van der Waals surface area contributed by atoms with Gasteiger partial charge in [-0.3, -0.25) is 0 Å². The van der Waals surface area contributed by atoms with Gasteiger partial charge in [0, 0.05) is 19.0 Å². The quantitative estimate of drug-likeness (QED) is 0.448. The van der Waals surface area contributed by atoms with E-state index in [1.54, 1.807) is 23.6 Å². The summed E-state index contributed by atoms with van der Waals surface area (Å²) in [4.78, 5) is 22.0. The SMILES string of the molecule is C.CNC(c1ncco1)C1CCNC1.NC(c1ncco1)C1CCN(C(=O)OCc2ccccc2)C1. The van der Waals surface area contributed by atoms with Crippen molar-refractivity contribution in [3.8, 4) is 0 Å². The molecule has 0 spiro atoms. The lowest BCUT2D eigenvalue weighted by atomic mass is 9.99. The van der Waals surface area contributed by atoms with Crippen molar-refractivity contribution in [3.63, 3.8) is 0 Å². The van der Waals surface area contributed by atoms with E-state index in [-0.39, 0.29) is 38.1 Å². The van der Waals surface area contributed by atoms with Gasteiger partial charge in [0.05, 0.1) is 24.5 Å². The number of nitrogens with two attached hydrogens (primary N) is 1. The Balaban J connectivity index is 0.000000221. The van der Waals surface area contributed by atoms with Crippen molar-refractivity contribution < 1.29 is 18.4 Å². The fourth-order valence-electron chi connectivity index (χ4n) is 4.57. The summed E-state index contributed by atoms with van der Waals surface area (Å²) in [6.45, 7) is 3.65. The van der Waals surface area contributed by atoms with Gasteiger partial charge in [-0.15, -0.1) is 0 Å². The Morgan fingerprint density at radius 2 is 1.89 bits per heavy atom. The highest BCUT2D eigenvalue weighted by molar-refractivity contribution is 5.68. The van der Waals surface area contributed by atoms with E-state index in [0.29, 0.717) is 24.9 Å². The summed E-state index contributed by atoms with van der Waals surface area (Å²) >= 11 is 0. The molecule has 2 fully saturated rings. The van der Waals surface area contributed by atoms with Crippen LogP contribution in [-0.4, -0.2) is 54.2 Å². The minimum atomic E-state index is -0.300. The van der Waals surface area contributed by atoms with Crippen LogP contribution >= 0.6 is 0 Å². The van der Waals surface area contributed by atoms with Crippen LogP contribution < -0.4 is 16.4 Å². The van der Waals surface area contributed by atoms with Crippen LogP contribution in [0.3, 0.4) is 0 Å². The fourth-order valence-corrected chi connectivity index (χ4v) is 4.57. The highest BCUT2D eigenvalue weighted by atomic mass is 16.6. The number of amides is 1. The maximum Gasteiger partial charge on any atom is 0.410 e. The molecule has 1 amide bonds. The average Bonchev–Trinajstić information content (AvgIpc) is 3.72. The predicted molar refractivity (Wildman–Crippen MR) is 136 cm³/mol. The summed E-state index contributed by atoms with van der Waals surface area (Å²) in [5.41, 5.74) is 7.11. The number of likely N-dealkylation sites (tertiary alicyclic amines) is 1. The number of aromatic nitrogens is 2. The molecule has 2 aromatic heterocycles. The number of benzene rings is 1. The lowest BCUT2D eigenvalue weighted by Crippen LogP contribution is -2.31. The van der Waals surface area contributed by atoms with E-state index in [2.05, 4.69) is 20.6 Å². The molecule has 0 bridgehead atoms. The maximum absolute atomic E-state index is 12.1. The summed E-state index contributed by atoms with van der Waals surface area (Å²) < 4.78 is 15.9. The second-order valence-corrected chi connectivity index (χ2v) is 8.82. The Bertz CT molecular complexity index is 993. The molecular formula is C26H38N6O4. The van der Waals surface area contributed by atoms with Crippen LogP contribution in [0.15, 0.2) is 64.1 Å². The Hall–Kier alpha value is -3.21. The van der Waals surface area contributed by atoms with Crippen LogP contribution in [0.4, 0.5) is 4.79 Å². The summed E-state index contributed by atoms with van der Waals surface area (Å²) in [6.07, 6.45) is 8.12. The van der Waals surface area contributed by atoms with Crippen LogP contribution in [0.25, 0.3) is 0 Å². The van der Waals surface area contributed by atoms with Crippen molar-refractivity contribution in [2.75, 3.05) is 33.2 Å². The third-order valence-corrected chi connectivity index (χ3v) is 6.53. The zero-order chi connectivity index (χ0) is 24.5. The van der Waals surface area contributed by atoms with Crippen molar-refractivity contribution in [2.45, 2.75) is 39.0 Å². The molecule has 4 heterocycles. The first-order valence-corrected chi connectivity index (χ1v) is 12.0. The van der Waals surface area contributed by atoms with Crippen LogP contribution in [0.5, 0.6) is 0 Å². The molecule has 36 heavy (non-hydrogen) atoms. The number of carbonyl (C=O) groups is 1. The summed E-state index contributed by atoms with van der Waals surface area (Å²) in [7, 11) is 1.95. The van der Waals surface area contributed by atoms with Gasteiger partial charge >= 0.3 is 6.09 Å². The molecule has 5 rings (SSSR count). The highest BCUT2D eigenvalue weighted by Gasteiger charge is 2.33. The van der Waals surface area contributed by atoms with E-state index < -0.39 is 0 Å². The zero-order valence-corrected chi connectivity index (χ0v) is 20.0. The molecule has 4 unspecified atom stereocenters. The van der Waals surface area contributed by atoms with E-state index in [1.807, 2.05) is 37.4 Å². The molecule has 4 atom stereocenters.